The molecule has 1 aliphatic rings. The monoisotopic (exact) mass is 276 g/mol. The Kier molecular flexibility index (Phi) is 4.09. The minimum Gasteiger partial charge on any atom is -0.478 e. The number of nitrogens with one attached hydrogen (secondary N) is 1. The molecule has 5 heteroatoms. The zero-order valence-corrected chi connectivity index (χ0v) is 11.6. The molecular weight excluding hydrogens is 256 g/mol. The molecule has 0 aliphatic heterocycles. The highest BCUT2D eigenvalue weighted by molar-refractivity contribution is 5.99. The van der Waals surface area contributed by atoms with Gasteiger partial charge in [0.1, 0.15) is 0 Å². The molecule has 0 aromatic heterocycles. The Bertz CT molecular complexity index is 530. The van der Waals surface area contributed by atoms with Crippen molar-refractivity contribution in [3.05, 3.63) is 29.8 Å². The lowest BCUT2D eigenvalue weighted by Gasteiger charge is -2.35. The fourth-order valence-electron chi connectivity index (χ4n) is 2.78. The first-order valence-electron chi connectivity index (χ1n) is 6.84. The molecule has 0 bridgehead atoms. The van der Waals surface area contributed by atoms with E-state index >= 15 is 0 Å². The van der Waals surface area contributed by atoms with Gasteiger partial charge in [0.25, 0.3) is 0 Å². The summed E-state index contributed by atoms with van der Waals surface area (Å²) in [5, 5.41) is 11.7. The van der Waals surface area contributed by atoms with E-state index < -0.39 is 11.5 Å². The number of benzene rings is 1. The van der Waals surface area contributed by atoms with Crippen LogP contribution in [0.5, 0.6) is 0 Å². The van der Waals surface area contributed by atoms with Crippen molar-refractivity contribution in [2.75, 3.05) is 5.32 Å². The van der Waals surface area contributed by atoms with Gasteiger partial charge in [-0.1, -0.05) is 25.8 Å². The maximum atomic E-state index is 12.3. The zero-order valence-electron chi connectivity index (χ0n) is 11.6. The number of anilines is 1. The summed E-state index contributed by atoms with van der Waals surface area (Å²) in [6, 6.07) is 6.19. The third-order valence-corrected chi connectivity index (χ3v) is 3.85. The molecule has 1 amide bonds. The molecule has 2 atom stereocenters. The fraction of sp³-hybridized carbons (Fsp3) is 0.467. The standard InChI is InChI=1S/C15H20N2O3/c1-10-4-3-7-15(16,9-10)14(20)17-12-6-2-5-11(8-12)13(18)19/h2,5-6,8,10H,3-4,7,9,16H2,1H3,(H,17,20)(H,18,19). The molecule has 1 saturated carbocycles. The second-order valence-electron chi connectivity index (χ2n) is 5.70. The van der Waals surface area contributed by atoms with Crippen LogP contribution in [-0.2, 0) is 4.79 Å². The summed E-state index contributed by atoms with van der Waals surface area (Å²) in [7, 11) is 0. The van der Waals surface area contributed by atoms with E-state index in [1.807, 2.05) is 0 Å². The van der Waals surface area contributed by atoms with E-state index in [4.69, 9.17) is 10.8 Å². The SMILES string of the molecule is CC1CCCC(N)(C(=O)Nc2cccc(C(=O)O)c2)C1. The summed E-state index contributed by atoms with van der Waals surface area (Å²) in [5.74, 6) is -0.814. The van der Waals surface area contributed by atoms with Crippen molar-refractivity contribution in [1.29, 1.82) is 0 Å². The minimum atomic E-state index is -1.02. The Labute approximate surface area is 118 Å². The predicted molar refractivity (Wildman–Crippen MR) is 76.6 cm³/mol. The van der Waals surface area contributed by atoms with E-state index in [2.05, 4.69) is 12.2 Å². The van der Waals surface area contributed by atoms with Crippen LogP contribution in [-0.4, -0.2) is 22.5 Å². The fourth-order valence-corrected chi connectivity index (χ4v) is 2.78. The van der Waals surface area contributed by atoms with E-state index in [1.165, 1.54) is 12.1 Å². The summed E-state index contributed by atoms with van der Waals surface area (Å²) in [4.78, 5) is 23.2. The van der Waals surface area contributed by atoms with Gasteiger partial charge in [-0.15, -0.1) is 0 Å². The van der Waals surface area contributed by atoms with Crippen molar-refractivity contribution in [1.82, 2.24) is 0 Å². The van der Waals surface area contributed by atoms with Crippen LogP contribution in [0.1, 0.15) is 43.0 Å². The van der Waals surface area contributed by atoms with Crippen LogP contribution < -0.4 is 11.1 Å². The Morgan fingerprint density at radius 1 is 1.45 bits per heavy atom. The predicted octanol–water partition coefficient (Wildman–Crippen LogP) is 2.23. The average molecular weight is 276 g/mol. The first kappa shape index (κ1) is 14.5. The van der Waals surface area contributed by atoms with Gasteiger partial charge in [-0.2, -0.15) is 0 Å². The van der Waals surface area contributed by atoms with E-state index in [0.29, 0.717) is 24.4 Å². The van der Waals surface area contributed by atoms with E-state index in [0.717, 1.165) is 12.8 Å². The van der Waals surface area contributed by atoms with Crippen LogP contribution in [0.2, 0.25) is 0 Å². The van der Waals surface area contributed by atoms with Crippen molar-refractivity contribution in [2.45, 2.75) is 38.1 Å². The first-order chi connectivity index (χ1) is 9.40. The average Bonchev–Trinajstić information content (AvgIpc) is 2.38. The highest BCUT2D eigenvalue weighted by atomic mass is 16.4. The molecule has 4 N–H and O–H groups in total. The zero-order chi connectivity index (χ0) is 14.8. The van der Waals surface area contributed by atoms with Gasteiger partial charge in [-0.25, -0.2) is 4.79 Å². The van der Waals surface area contributed by atoms with Gasteiger partial charge in [-0.3, -0.25) is 4.79 Å². The number of nitrogens with two attached hydrogens (primary N) is 1. The number of carbonyl (C=O) groups is 2. The Morgan fingerprint density at radius 2 is 2.20 bits per heavy atom. The van der Waals surface area contributed by atoms with Crippen molar-refractivity contribution in [3.63, 3.8) is 0 Å². The maximum absolute atomic E-state index is 12.3. The van der Waals surface area contributed by atoms with Gasteiger partial charge in [0, 0.05) is 5.69 Å². The van der Waals surface area contributed by atoms with E-state index in [9.17, 15) is 9.59 Å². The number of hydrogen-bond acceptors (Lipinski definition) is 3. The minimum absolute atomic E-state index is 0.144. The molecule has 0 spiro atoms. The number of amides is 1. The Hall–Kier alpha value is -1.88. The first-order valence-corrected chi connectivity index (χ1v) is 6.84. The summed E-state index contributed by atoms with van der Waals surface area (Å²) < 4.78 is 0. The van der Waals surface area contributed by atoms with E-state index in [1.54, 1.807) is 12.1 Å². The van der Waals surface area contributed by atoms with Crippen LogP contribution in [0.4, 0.5) is 5.69 Å². The smallest absolute Gasteiger partial charge is 0.335 e. The number of aromatic carboxylic acids is 1. The van der Waals surface area contributed by atoms with Crippen molar-refractivity contribution in [3.8, 4) is 0 Å². The molecular formula is C15H20N2O3. The van der Waals surface area contributed by atoms with Gasteiger partial charge in [0.05, 0.1) is 11.1 Å². The molecule has 1 aromatic carbocycles. The lowest BCUT2D eigenvalue weighted by molar-refractivity contribution is -0.122. The molecule has 20 heavy (non-hydrogen) atoms. The topological polar surface area (TPSA) is 92.4 Å². The van der Waals surface area contributed by atoms with Crippen LogP contribution in [0.25, 0.3) is 0 Å². The molecule has 2 rings (SSSR count). The van der Waals surface area contributed by atoms with Crippen LogP contribution in [0, 0.1) is 5.92 Å². The molecule has 0 radical (unpaired) electrons. The van der Waals surface area contributed by atoms with Crippen LogP contribution in [0.15, 0.2) is 24.3 Å². The van der Waals surface area contributed by atoms with Crippen molar-refractivity contribution < 1.29 is 14.7 Å². The quantitative estimate of drug-likeness (QED) is 0.789. The highest BCUT2D eigenvalue weighted by Crippen LogP contribution is 2.31. The third kappa shape index (κ3) is 3.17. The molecule has 108 valence electrons. The summed E-state index contributed by atoms with van der Waals surface area (Å²) >= 11 is 0. The molecule has 2 unspecified atom stereocenters. The van der Waals surface area contributed by atoms with E-state index in [-0.39, 0.29) is 11.5 Å². The molecule has 1 fully saturated rings. The number of carboxylic acid groups (broad SMARTS) is 1. The lowest BCUT2D eigenvalue weighted by Crippen LogP contribution is -2.53. The van der Waals surface area contributed by atoms with Gasteiger partial charge >= 0.3 is 5.97 Å². The largest absolute Gasteiger partial charge is 0.478 e. The number of carboxylic acids is 1. The normalized spacial score (nSPS) is 26.0. The Morgan fingerprint density at radius 3 is 2.85 bits per heavy atom. The highest BCUT2D eigenvalue weighted by Gasteiger charge is 2.37. The number of rotatable bonds is 3. The van der Waals surface area contributed by atoms with Gasteiger partial charge in [0.15, 0.2) is 0 Å². The summed E-state index contributed by atoms with van der Waals surface area (Å²) in [6.07, 6.45) is 3.38. The molecule has 1 aliphatic carbocycles. The summed E-state index contributed by atoms with van der Waals surface area (Å²) in [6.45, 7) is 2.10. The second-order valence-corrected chi connectivity index (χ2v) is 5.70. The van der Waals surface area contributed by atoms with Crippen molar-refractivity contribution in [2.24, 2.45) is 11.7 Å². The van der Waals surface area contributed by atoms with Gasteiger partial charge < -0.3 is 16.2 Å². The maximum Gasteiger partial charge on any atom is 0.335 e. The third-order valence-electron chi connectivity index (χ3n) is 3.85. The van der Waals surface area contributed by atoms with Crippen molar-refractivity contribution >= 4 is 17.6 Å². The lowest BCUT2D eigenvalue weighted by atomic mass is 9.76. The molecule has 0 heterocycles. The van der Waals surface area contributed by atoms with Gasteiger partial charge in [-0.05, 0) is 37.0 Å². The van der Waals surface area contributed by atoms with Gasteiger partial charge in [0.2, 0.25) is 5.91 Å². The Balaban J connectivity index is 2.11. The number of hydrogen-bond donors (Lipinski definition) is 3. The second kappa shape index (κ2) is 5.63. The molecule has 1 aromatic rings. The molecule has 5 nitrogen and oxygen atoms in total. The summed E-state index contributed by atoms with van der Waals surface area (Å²) in [5.41, 5.74) is 5.97. The number of carbonyl (C=O) groups excluding carboxylic acids is 1. The van der Waals surface area contributed by atoms with Crippen LogP contribution >= 0.6 is 0 Å². The molecule has 0 saturated heterocycles. The van der Waals surface area contributed by atoms with Crippen LogP contribution in [0.3, 0.4) is 0 Å².